The first kappa shape index (κ1) is 10.8. The van der Waals surface area contributed by atoms with Gasteiger partial charge in [-0.3, -0.25) is 11.3 Å². The summed E-state index contributed by atoms with van der Waals surface area (Å²) in [6.45, 7) is 0. The first-order chi connectivity index (χ1) is 7.88. The highest BCUT2D eigenvalue weighted by Crippen LogP contribution is 2.40. The maximum atomic E-state index is 5.76. The van der Waals surface area contributed by atoms with E-state index in [0.29, 0.717) is 6.04 Å². The van der Waals surface area contributed by atoms with Gasteiger partial charge in [0.1, 0.15) is 0 Å². The lowest BCUT2D eigenvalue weighted by molar-refractivity contribution is 0.378. The number of nitrogens with two attached hydrogens (primary N) is 1. The zero-order valence-corrected chi connectivity index (χ0v) is 10.5. The van der Waals surface area contributed by atoms with E-state index in [9.17, 15) is 0 Å². The van der Waals surface area contributed by atoms with E-state index in [4.69, 9.17) is 5.84 Å². The minimum atomic E-state index is 0.415. The van der Waals surface area contributed by atoms with Crippen LogP contribution in [0.15, 0.2) is 6.07 Å². The highest BCUT2D eigenvalue weighted by Gasteiger charge is 2.28. The van der Waals surface area contributed by atoms with E-state index in [-0.39, 0.29) is 0 Å². The fraction of sp³-hybridized carbons (Fsp3) is 0.692. The number of thiophene rings is 1. The fourth-order valence-corrected chi connectivity index (χ4v) is 4.66. The van der Waals surface area contributed by atoms with Crippen molar-refractivity contribution in [3.05, 3.63) is 21.4 Å². The monoisotopic (exact) mass is 236 g/mol. The lowest BCUT2D eigenvalue weighted by atomic mass is 9.97. The van der Waals surface area contributed by atoms with Crippen molar-refractivity contribution in [2.45, 2.75) is 51.0 Å². The van der Waals surface area contributed by atoms with E-state index in [1.165, 1.54) is 49.8 Å². The lowest BCUT2D eigenvalue weighted by Crippen LogP contribution is -2.32. The summed E-state index contributed by atoms with van der Waals surface area (Å²) >= 11 is 2.00. The molecule has 1 heterocycles. The van der Waals surface area contributed by atoms with Crippen LogP contribution in [0.4, 0.5) is 0 Å². The molecule has 1 aromatic heterocycles. The highest BCUT2D eigenvalue weighted by atomic mass is 32.1. The molecule has 1 unspecified atom stereocenters. The normalized spacial score (nSPS) is 22.6. The Bertz CT molecular complexity index is 345. The molecule has 0 saturated heterocycles. The first-order valence-corrected chi connectivity index (χ1v) is 7.28. The molecule has 0 radical (unpaired) electrons. The number of fused-ring (bicyclic) bond motifs is 1. The van der Waals surface area contributed by atoms with Gasteiger partial charge >= 0.3 is 0 Å². The molecule has 3 N–H and O–H groups in total. The molecule has 3 rings (SSSR count). The van der Waals surface area contributed by atoms with Gasteiger partial charge in [0.05, 0.1) is 6.04 Å². The van der Waals surface area contributed by atoms with Crippen molar-refractivity contribution in [3.63, 3.8) is 0 Å². The molecule has 0 aromatic carbocycles. The average molecular weight is 236 g/mol. The topological polar surface area (TPSA) is 38.0 Å². The van der Waals surface area contributed by atoms with Gasteiger partial charge in [0.15, 0.2) is 0 Å². The van der Waals surface area contributed by atoms with Gasteiger partial charge in [-0.05, 0) is 49.7 Å². The second-order valence-electron chi connectivity index (χ2n) is 5.14. The maximum Gasteiger partial charge on any atom is 0.0581 e. The zero-order valence-electron chi connectivity index (χ0n) is 9.67. The predicted molar refractivity (Wildman–Crippen MR) is 68.4 cm³/mol. The molecular formula is C13H20N2S. The van der Waals surface area contributed by atoms with Gasteiger partial charge in [-0.2, -0.15) is 0 Å². The third-order valence-electron chi connectivity index (χ3n) is 4.12. The van der Waals surface area contributed by atoms with Crippen molar-refractivity contribution in [2.24, 2.45) is 11.8 Å². The molecule has 1 fully saturated rings. The lowest BCUT2D eigenvalue weighted by Gasteiger charge is -2.21. The molecule has 2 aliphatic carbocycles. The summed E-state index contributed by atoms with van der Waals surface area (Å²) < 4.78 is 0. The molecule has 2 nitrogen and oxygen atoms in total. The van der Waals surface area contributed by atoms with Gasteiger partial charge < -0.3 is 0 Å². The summed E-state index contributed by atoms with van der Waals surface area (Å²) in [5.41, 5.74) is 4.66. The minimum Gasteiger partial charge on any atom is -0.271 e. The molecule has 0 spiro atoms. The zero-order chi connectivity index (χ0) is 11.0. The van der Waals surface area contributed by atoms with E-state index in [2.05, 4.69) is 11.5 Å². The number of rotatable bonds is 3. The largest absolute Gasteiger partial charge is 0.271 e. The van der Waals surface area contributed by atoms with E-state index in [1.807, 2.05) is 11.3 Å². The SMILES string of the molecule is NNC(c1cc2c(s1)CCC2)C1CCCC1. The van der Waals surface area contributed by atoms with E-state index < -0.39 is 0 Å². The van der Waals surface area contributed by atoms with Crippen LogP contribution < -0.4 is 11.3 Å². The summed E-state index contributed by atoms with van der Waals surface area (Å²) in [6.07, 6.45) is 9.39. The van der Waals surface area contributed by atoms with Crippen molar-refractivity contribution in [1.29, 1.82) is 0 Å². The van der Waals surface area contributed by atoms with Gasteiger partial charge in [-0.15, -0.1) is 11.3 Å². The summed E-state index contributed by atoms with van der Waals surface area (Å²) in [5.74, 6) is 6.53. The van der Waals surface area contributed by atoms with Crippen LogP contribution in [0, 0.1) is 5.92 Å². The third-order valence-corrected chi connectivity index (χ3v) is 5.44. The van der Waals surface area contributed by atoms with Crippen molar-refractivity contribution in [2.75, 3.05) is 0 Å². The molecule has 0 amide bonds. The van der Waals surface area contributed by atoms with E-state index in [1.54, 1.807) is 10.4 Å². The van der Waals surface area contributed by atoms with Crippen LogP contribution in [0.25, 0.3) is 0 Å². The minimum absolute atomic E-state index is 0.415. The van der Waals surface area contributed by atoms with Gasteiger partial charge in [0.25, 0.3) is 0 Å². The molecule has 0 bridgehead atoms. The quantitative estimate of drug-likeness (QED) is 0.625. The van der Waals surface area contributed by atoms with Crippen LogP contribution in [0.3, 0.4) is 0 Å². The van der Waals surface area contributed by atoms with Crippen molar-refractivity contribution < 1.29 is 0 Å². The maximum absolute atomic E-state index is 5.76. The summed E-state index contributed by atoms with van der Waals surface area (Å²) in [7, 11) is 0. The molecule has 2 aliphatic rings. The van der Waals surface area contributed by atoms with Crippen LogP contribution >= 0.6 is 11.3 Å². The van der Waals surface area contributed by atoms with E-state index in [0.717, 1.165) is 5.92 Å². The van der Waals surface area contributed by atoms with Crippen LogP contribution in [-0.2, 0) is 12.8 Å². The molecular weight excluding hydrogens is 216 g/mol. The molecule has 1 aromatic rings. The summed E-state index contributed by atoms with van der Waals surface area (Å²) in [4.78, 5) is 3.10. The molecule has 16 heavy (non-hydrogen) atoms. The second kappa shape index (κ2) is 4.47. The summed E-state index contributed by atoms with van der Waals surface area (Å²) in [5, 5.41) is 0. The van der Waals surface area contributed by atoms with Gasteiger partial charge in [0, 0.05) is 9.75 Å². The Morgan fingerprint density at radius 1 is 1.25 bits per heavy atom. The van der Waals surface area contributed by atoms with Gasteiger partial charge in [-0.1, -0.05) is 12.8 Å². The van der Waals surface area contributed by atoms with Gasteiger partial charge in [-0.25, -0.2) is 0 Å². The Morgan fingerprint density at radius 2 is 2.06 bits per heavy atom. The summed E-state index contributed by atoms with van der Waals surface area (Å²) in [6, 6.07) is 2.83. The molecule has 0 aliphatic heterocycles. The Kier molecular flexibility index (Phi) is 3.01. The van der Waals surface area contributed by atoms with Gasteiger partial charge in [0.2, 0.25) is 0 Å². The Hall–Kier alpha value is -0.380. The van der Waals surface area contributed by atoms with Crippen molar-refractivity contribution >= 4 is 11.3 Å². The third kappa shape index (κ3) is 1.81. The molecule has 3 heteroatoms. The Labute approximate surface area is 101 Å². The first-order valence-electron chi connectivity index (χ1n) is 6.46. The number of hydrazine groups is 1. The number of nitrogens with one attached hydrogen (secondary N) is 1. The molecule has 1 atom stereocenters. The predicted octanol–water partition coefficient (Wildman–Crippen LogP) is 2.93. The van der Waals surface area contributed by atoms with Crippen LogP contribution in [0.2, 0.25) is 0 Å². The number of aryl methyl sites for hydroxylation is 2. The highest BCUT2D eigenvalue weighted by molar-refractivity contribution is 7.12. The standard InChI is InChI=1S/C13H20N2S/c14-15-13(9-4-1-2-5-9)12-8-10-6-3-7-11(10)16-12/h8-9,13,15H,1-7,14H2. The molecule has 1 saturated carbocycles. The fourth-order valence-electron chi connectivity index (χ4n) is 3.25. The number of hydrogen-bond donors (Lipinski definition) is 2. The van der Waals surface area contributed by atoms with Crippen LogP contribution in [0.5, 0.6) is 0 Å². The van der Waals surface area contributed by atoms with Crippen molar-refractivity contribution in [1.82, 2.24) is 5.43 Å². The average Bonchev–Trinajstić information content (AvgIpc) is 2.91. The van der Waals surface area contributed by atoms with Crippen LogP contribution in [-0.4, -0.2) is 0 Å². The Balaban J connectivity index is 1.82. The smallest absolute Gasteiger partial charge is 0.0581 e. The van der Waals surface area contributed by atoms with E-state index >= 15 is 0 Å². The van der Waals surface area contributed by atoms with Crippen molar-refractivity contribution in [3.8, 4) is 0 Å². The number of hydrogen-bond acceptors (Lipinski definition) is 3. The second-order valence-corrected chi connectivity index (χ2v) is 6.31. The van der Waals surface area contributed by atoms with Crippen LogP contribution in [0.1, 0.15) is 53.5 Å². The Morgan fingerprint density at radius 3 is 2.75 bits per heavy atom. The molecule has 88 valence electrons.